The molecule has 3 N–H and O–H groups in total. The standard InChI is InChI=1S/C30H32ClF6N3O5/c1-44-12-13-45-24-9-7-20(15-22(24)26(42)39-19-5-3-18(4-6-19)29(32,33)34)40-25(41)21-14-17(2-8-23(21)31)16-38-27(43)28(10-11-28)30(35,36)37/h2,7-9,14-15,18-19H,3-6,10-13,16H2,1H3,(H,38,43)(H,39,42)(H,40,41)/t18-,19-. The highest BCUT2D eigenvalue weighted by Gasteiger charge is 2.68. The van der Waals surface area contributed by atoms with Crippen LogP contribution in [0.1, 0.15) is 64.8 Å². The lowest BCUT2D eigenvalue weighted by Gasteiger charge is -2.30. The maximum Gasteiger partial charge on any atom is 0.403 e. The van der Waals surface area contributed by atoms with Crippen molar-refractivity contribution in [1.29, 1.82) is 0 Å². The third-order valence-electron chi connectivity index (χ3n) is 8.01. The molecule has 0 bridgehead atoms. The van der Waals surface area contributed by atoms with E-state index in [0.717, 1.165) is 0 Å². The normalized spacial score (nSPS) is 19.4. The molecule has 2 aliphatic rings. The molecule has 2 saturated carbocycles. The number of anilines is 1. The summed E-state index contributed by atoms with van der Waals surface area (Å²) in [7, 11) is 1.47. The average molecular weight is 664 g/mol. The summed E-state index contributed by atoms with van der Waals surface area (Å²) in [4.78, 5) is 38.6. The lowest BCUT2D eigenvalue weighted by Crippen LogP contribution is -2.40. The number of rotatable bonds is 11. The first-order valence-electron chi connectivity index (χ1n) is 14.2. The van der Waals surface area contributed by atoms with E-state index in [0.29, 0.717) is 5.56 Å². The SMILES string of the molecule is COCCOc1ccc(NC(=O)c2cc(CNC(=O)C3(C(F)(F)F)CC3)ccc2Cl)cc1C(=O)N[C@H]1CC[C@H](C(F)(F)F)CC1. The molecule has 2 aromatic rings. The van der Waals surface area contributed by atoms with Crippen LogP contribution in [0.2, 0.25) is 5.02 Å². The molecule has 15 heteroatoms. The fourth-order valence-electron chi connectivity index (χ4n) is 5.14. The smallest absolute Gasteiger partial charge is 0.403 e. The minimum Gasteiger partial charge on any atom is -0.490 e. The van der Waals surface area contributed by atoms with Crippen molar-refractivity contribution in [2.45, 2.75) is 63.5 Å². The number of amides is 3. The maximum atomic E-state index is 13.2. The second-order valence-electron chi connectivity index (χ2n) is 11.1. The highest BCUT2D eigenvalue weighted by molar-refractivity contribution is 6.34. The van der Waals surface area contributed by atoms with E-state index < -0.39 is 47.4 Å². The number of hydrogen-bond acceptors (Lipinski definition) is 5. The number of benzene rings is 2. The lowest BCUT2D eigenvalue weighted by molar-refractivity contribution is -0.192. The Balaban J connectivity index is 1.45. The quantitative estimate of drug-likeness (QED) is 0.190. The van der Waals surface area contributed by atoms with Crippen LogP contribution in [0.4, 0.5) is 32.0 Å². The fourth-order valence-corrected chi connectivity index (χ4v) is 5.35. The molecule has 2 fully saturated rings. The van der Waals surface area contributed by atoms with E-state index >= 15 is 0 Å². The molecular formula is C30H32ClF6N3O5. The van der Waals surface area contributed by atoms with Crippen molar-refractivity contribution in [1.82, 2.24) is 10.6 Å². The molecule has 0 aliphatic heterocycles. The van der Waals surface area contributed by atoms with E-state index in [1.165, 1.54) is 43.5 Å². The summed E-state index contributed by atoms with van der Waals surface area (Å²) in [6.45, 7) is 0.0481. The van der Waals surface area contributed by atoms with Gasteiger partial charge >= 0.3 is 12.4 Å². The lowest BCUT2D eigenvalue weighted by atomic mass is 9.85. The molecule has 0 spiro atoms. The zero-order valence-corrected chi connectivity index (χ0v) is 24.9. The first-order valence-corrected chi connectivity index (χ1v) is 14.6. The van der Waals surface area contributed by atoms with Crippen molar-refractivity contribution in [2.75, 3.05) is 25.6 Å². The minimum absolute atomic E-state index is 0.0306. The van der Waals surface area contributed by atoms with E-state index in [-0.39, 0.29) is 85.9 Å². The van der Waals surface area contributed by atoms with Gasteiger partial charge in [-0.05, 0) is 74.4 Å². The summed E-state index contributed by atoms with van der Waals surface area (Å²) in [5, 5.41) is 7.68. The van der Waals surface area contributed by atoms with Crippen LogP contribution in [-0.2, 0) is 16.1 Å². The Bertz CT molecular complexity index is 1410. The summed E-state index contributed by atoms with van der Waals surface area (Å²) < 4.78 is 89.5. The molecule has 0 unspecified atom stereocenters. The van der Waals surface area contributed by atoms with Gasteiger partial charge in [0.2, 0.25) is 5.91 Å². The van der Waals surface area contributed by atoms with Crippen LogP contribution in [0.15, 0.2) is 36.4 Å². The van der Waals surface area contributed by atoms with Gasteiger partial charge in [0.25, 0.3) is 11.8 Å². The van der Waals surface area contributed by atoms with Crippen molar-refractivity contribution in [3.05, 3.63) is 58.1 Å². The molecule has 8 nitrogen and oxygen atoms in total. The summed E-state index contributed by atoms with van der Waals surface area (Å²) in [6, 6.07) is 7.95. The summed E-state index contributed by atoms with van der Waals surface area (Å²) in [5.74, 6) is -3.69. The van der Waals surface area contributed by atoms with Crippen LogP contribution in [0, 0.1) is 11.3 Å². The first-order chi connectivity index (χ1) is 21.1. The molecule has 0 atom stereocenters. The Labute approximate surface area is 260 Å². The van der Waals surface area contributed by atoms with E-state index in [4.69, 9.17) is 21.1 Å². The molecule has 3 amide bonds. The van der Waals surface area contributed by atoms with Crippen molar-refractivity contribution in [3.63, 3.8) is 0 Å². The molecule has 2 aromatic carbocycles. The Morgan fingerprint density at radius 2 is 1.60 bits per heavy atom. The third-order valence-corrected chi connectivity index (χ3v) is 8.34. The Kier molecular flexibility index (Phi) is 10.6. The molecule has 246 valence electrons. The predicted octanol–water partition coefficient (Wildman–Crippen LogP) is 6.43. The number of carbonyl (C=O) groups is 3. The molecular weight excluding hydrogens is 632 g/mol. The van der Waals surface area contributed by atoms with Gasteiger partial charge in [-0.25, -0.2) is 0 Å². The Morgan fingerprint density at radius 3 is 2.20 bits per heavy atom. The van der Waals surface area contributed by atoms with E-state index in [1.54, 1.807) is 0 Å². The number of methoxy groups -OCH3 is 1. The number of ether oxygens (including phenoxy) is 2. The molecule has 4 rings (SSSR count). The predicted molar refractivity (Wildman–Crippen MR) is 152 cm³/mol. The van der Waals surface area contributed by atoms with Gasteiger partial charge in [0.05, 0.1) is 28.7 Å². The molecule has 45 heavy (non-hydrogen) atoms. The number of carbonyl (C=O) groups excluding carboxylic acids is 3. The zero-order valence-electron chi connectivity index (χ0n) is 24.2. The van der Waals surface area contributed by atoms with Crippen LogP contribution in [0.25, 0.3) is 0 Å². The largest absolute Gasteiger partial charge is 0.490 e. The van der Waals surface area contributed by atoms with Gasteiger partial charge in [-0.1, -0.05) is 17.7 Å². The van der Waals surface area contributed by atoms with Crippen molar-refractivity contribution in [2.24, 2.45) is 11.3 Å². The van der Waals surface area contributed by atoms with Crippen molar-refractivity contribution < 1.29 is 50.2 Å². The summed E-state index contributed by atoms with van der Waals surface area (Å²) in [5.41, 5.74) is -1.89. The molecule has 0 heterocycles. The number of halogens is 7. The van der Waals surface area contributed by atoms with Gasteiger partial charge in [0, 0.05) is 25.4 Å². The van der Waals surface area contributed by atoms with Crippen LogP contribution in [-0.4, -0.2) is 56.4 Å². The maximum absolute atomic E-state index is 13.2. The highest BCUT2D eigenvalue weighted by Crippen LogP contribution is 2.57. The van der Waals surface area contributed by atoms with Gasteiger partial charge < -0.3 is 25.4 Å². The molecule has 2 aliphatic carbocycles. The Hall–Kier alpha value is -3.52. The second kappa shape index (κ2) is 13.9. The average Bonchev–Trinajstić information content (AvgIpc) is 3.80. The van der Waals surface area contributed by atoms with Gasteiger partial charge in [-0.3, -0.25) is 14.4 Å². The van der Waals surface area contributed by atoms with E-state index in [1.807, 2.05) is 0 Å². The molecule has 0 aromatic heterocycles. The van der Waals surface area contributed by atoms with Crippen molar-refractivity contribution >= 4 is 35.0 Å². The second-order valence-corrected chi connectivity index (χ2v) is 11.6. The van der Waals surface area contributed by atoms with Gasteiger partial charge in [0.1, 0.15) is 17.8 Å². The summed E-state index contributed by atoms with van der Waals surface area (Å²) in [6.07, 6.45) is -9.42. The molecule has 0 saturated heterocycles. The van der Waals surface area contributed by atoms with Gasteiger partial charge in [-0.15, -0.1) is 0 Å². The van der Waals surface area contributed by atoms with Crippen LogP contribution < -0.4 is 20.7 Å². The monoisotopic (exact) mass is 663 g/mol. The van der Waals surface area contributed by atoms with Gasteiger partial charge in [-0.2, -0.15) is 26.3 Å². The van der Waals surface area contributed by atoms with Crippen LogP contribution in [0.3, 0.4) is 0 Å². The van der Waals surface area contributed by atoms with Crippen molar-refractivity contribution in [3.8, 4) is 5.75 Å². The third kappa shape index (κ3) is 8.40. The van der Waals surface area contributed by atoms with E-state index in [9.17, 15) is 40.7 Å². The summed E-state index contributed by atoms with van der Waals surface area (Å²) >= 11 is 6.22. The number of nitrogens with one attached hydrogen (secondary N) is 3. The highest BCUT2D eigenvalue weighted by atomic mass is 35.5. The van der Waals surface area contributed by atoms with E-state index in [2.05, 4.69) is 16.0 Å². The minimum atomic E-state index is -4.66. The topological polar surface area (TPSA) is 106 Å². The van der Waals surface area contributed by atoms with Crippen LogP contribution in [0.5, 0.6) is 5.75 Å². The van der Waals surface area contributed by atoms with Crippen LogP contribution >= 0.6 is 11.6 Å². The van der Waals surface area contributed by atoms with Gasteiger partial charge in [0.15, 0.2) is 0 Å². The first kappa shape index (κ1) is 34.4. The Morgan fingerprint density at radius 1 is 0.911 bits per heavy atom. The number of alkyl halides is 6. The molecule has 0 radical (unpaired) electrons. The fraction of sp³-hybridized carbons (Fsp3) is 0.500. The number of hydrogen-bond donors (Lipinski definition) is 3. The zero-order chi connectivity index (χ0) is 33.0.